The van der Waals surface area contributed by atoms with Crippen molar-refractivity contribution in [3.05, 3.63) is 59.2 Å². The van der Waals surface area contributed by atoms with Crippen LogP contribution in [0.5, 0.6) is 0 Å². The molecule has 1 heterocycles. The molecular formula is C24H23F2N3O4. The first-order valence-electron chi connectivity index (χ1n) is 10.3. The highest BCUT2D eigenvalue weighted by atomic mass is 19.1. The minimum absolute atomic E-state index is 0.0405. The van der Waals surface area contributed by atoms with E-state index in [1.54, 1.807) is 19.9 Å². The van der Waals surface area contributed by atoms with Gasteiger partial charge in [-0.05, 0) is 70.5 Å². The second kappa shape index (κ2) is 8.28. The molecule has 0 aromatic heterocycles. The summed E-state index contributed by atoms with van der Waals surface area (Å²) in [7, 11) is 0. The Kier molecular flexibility index (Phi) is 5.98. The molecule has 1 saturated heterocycles. The maximum absolute atomic E-state index is 14.8. The Balaban J connectivity index is 1.98. The van der Waals surface area contributed by atoms with Crippen molar-refractivity contribution in [2.24, 2.45) is 0 Å². The Bertz CT molecular complexity index is 1200. The zero-order valence-corrected chi connectivity index (χ0v) is 18.9. The molecule has 33 heavy (non-hydrogen) atoms. The molecule has 2 aromatic rings. The number of hydrogen-bond acceptors (Lipinski definition) is 5. The van der Waals surface area contributed by atoms with Crippen LogP contribution in [0.15, 0.2) is 36.4 Å². The number of benzene rings is 2. The average molecular weight is 455 g/mol. The number of halogens is 2. The lowest BCUT2D eigenvalue weighted by atomic mass is 10.0. The number of urea groups is 1. The van der Waals surface area contributed by atoms with Crippen LogP contribution in [0, 0.1) is 23.0 Å². The smallest absolute Gasteiger partial charge is 0.341 e. The molecule has 0 saturated carbocycles. The molecule has 1 fully saturated rings. The molecule has 3 amide bonds. The van der Waals surface area contributed by atoms with Gasteiger partial charge in [-0.1, -0.05) is 6.92 Å². The van der Waals surface area contributed by atoms with Gasteiger partial charge < -0.3 is 4.74 Å². The van der Waals surface area contributed by atoms with Crippen LogP contribution in [-0.2, 0) is 9.53 Å². The highest BCUT2D eigenvalue weighted by molar-refractivity contribution is 6.30. The van der Waals surface area contributed by atoms with Gasteiger partial charge in [-0.3, -0.25) is 9.69 Å². The lowest BCUT2D eigenvalue weighted by Gasteiger charge is -2.28. The number of hydrogen-bond donors (Lipinski definition) is 0. The number of esters is 1. The van der Waals surface area contributed by atoms with Crippen LogP contribution in [0.25, 0.3) is 0 Å². The molecule has 2 aromatic carbocycles. The molecule has 9 heteroatoms. The van der Waals surface area contributed by atoms with Crippen molar-refractivity contribution in [1.29, 1.82) is 5.26 Å². The van der Waals surface area contributed by atoms with Gasteiger partial charge in [0, 0.05) is 5.69 Å². The third-order valence-electron chi connectivity index (χ3n) is 5.65. The number of nitrogens with zero attached hydrogens (tertiary/aromatic N) is 3. The summed E-state index contributed by atoms with van der Waals surface area (Å²) in [4.78, 5) is 40.4. The second-order valence-electron chi connectivity index (χ2n) is 8.76. The van der Waals surface area contributed by atoms with Crippen LogP contribution in [0.1, 0.15) is 57.0 Å². The summed E-state index contributed by atoms with van der Waals surface area (Å²) in [5, 5.41) is 8.90. The molecule has 1 aliphatic heterocycles. The first kappa shape index (κ1) is 23.9. The van der Waals surface area contributed by atoms with Crippen LogP contribution in [-0.4, -0.2) is 29.0 Å². The fourth-order valence-corrected chi connectivity index (χ4v) is 3.38. The van der Waals surface area contributed by atoms with Crippen molar-refractivity contribution < 1.29 is 27.9 Å². The highest BCUT2D eigenvalue weighted by Crippen LogP contribution is 2.37. The second-order valence-corrected chi connectivity index (χ2v) is 8.76. The van der Waals surface area contributed by atoms with Crippen LogP contribution >= 0.6 is 0 Å². The molecule has 0 unspecified atom stereocenters. The predicted octanol–water partition coefficient (Wildman–Crippen LogP) is 4.93. The van der Waals surface area contributed by atoms with Crippen molar-refractivity contribution >= 4 is 29.3 Å². The molecule has 7 nitrogen and oxygen atoms in total. The van der Waals surface area contributed by atoms with E-state index in [0.717, 1.165) is 21.9 Å². The Labute approximate surface area is 190 Å². The minimum atomic E-state index is -1.43. The van der Waals surface area contributed by atoms with Gasteiger partial charge >= 0.3 is 12.0 Å². The lowest BCUT2D eigenvalue weighted by molar-refractivity contribution is -0.120. The normalized spacial score (nSPS) is 15.6. The molecule has 0 bridgehead atoms. The minimum Gasteiger partial charge on any atom is -0.456 e. The molecule has 0 aliphatic carbocycles. The SMILES string of the molecule is CCC(C)(C)OC(=O)c1ccc(N2C(=O)N(c3ccc(C#N)c(F)c3)C(=O)C2(C)C)cc1F. The number of nitriles is 1. The highest BCUT2D eigenvalue weighted by Gasteiger charge is 2.53. The predicted molar refractivity (Wildman–Crippen MR) is 117 cm³/mol. The standard InChI is InChI=1S/C24H23F2N3O4/c1-6-23(2,3)33-20(30)17-10-9-16(12-19(17)26)29-22(32)28(21(31)24(29,4)5)15-8-7-14(13-27)18(25)11-15/h7-12H,6H2,1-5H3. The van der Waals surface area contributed by atoms with Gasteiger partial charge in [0.1, 0.15) is 28.8 Å². The molecule has 172 valence electrons. The van der Waals surface area contributed by atoms with Crippen LogP contribution in [0.4, 0.5) is 25.0 Å². The third kappa shape index (κ3) is 4.16. The number of rotatable bonds is 5. The quantitative estimate of drug-likeness (QED) is 0.471. The molecule has 3 rings (SSSR count). The third-order valence-corrected chi connectivity index (χ3v) is 5.65. The van der Waals surface area contributed by atoms with E-state index in [4.69, 9.17) is 10.00 Å². The largest absolute Gasteiger partial charge is 0.456 e. The fourth-order valence-electron chi connectivity index (χ4n) is 3.38. The number of anilines is 2. The van der Waals surface area contributed by atoms with E-state index >= 15 is 0 Å². The lowest BCUT2D eigenvalue weighted by Crippen LogP contribution is -2.44. The molecule has 0 N–H and O–H groups in total. The van der Waals surface area contributed by atoms with E-state index in [-0.39, 0.29) is 22.5 Å². The number of imide groups is 1. The van der Waals surface area contributed by atoms with Crippen molar-refractivity contribution in [3.8, 4) is 6.07 Å². The summed E-state index contributed by atoms with van der Waals surface area (Å²) < 4.78 is 34.3. The van der Waals surface area contributed by atoms with E-state index in [9.17, 15) is 23.2 Å². The van der Waals surface area contributed by atoms with Crippen LogP contribution < -0.4 is 9.80 Å². The van der Waals surface area contributed by atoms with E-state index in [2.05, 4.69) is 0 Å². The average Bonchev–Trinajstić information content (AvgIpc) is 2.91. The monoisotopic (exact) mass is 455 g/mol. The summed E-state index contributed by atoms with van der Waals surface area (Å²) in [6.45, 7) is 8.17. The summed E-state index contributed by atoms with van der Waals surface area (Å²) >= 11 is 0. The molecule has 1 aliphatic rings. The summed E-state index contributed by atoms with van der Waals surface area (Å²) in [5.74, 6) is -3.30. The van der Waals surface area contributed by atoms with E-state index in [1.165, 1.54) is 38.1 Å². The Morgan fingerprint density at radius 1 is 1.09 bits per heavy atom. The number of amides is 3. The van der Waals surface area contributed by atoms with Gasteiger partial charge in [-0.2, -0.15) is 5.26 Å². The number of carbonyl (C=O) groups excluding carboxylic acids is 3. The molecule has 0 radical (unpaired) electrons. The van der Waals surface area contributed by atoms with Crippen molar-refractivity contribution in [1.82, 2.24) is 0 Å². The van der Waals surface area contributed by atoms with Crippen molar-refractivity contribution in [2.75, 3.05) is 9.80 Å². The fraction of sp³-hybridized carbons (Fsp3) is 0.333. The van der Waals surface area contributed by atoms with Gasteiger partial charge in [0.15, 0.2) is 0 Å². The Hall–Kier alpha value is -3.80. The maximum Gasteiger partial charge on any atom is 0.341 e. The van der Waals surface area contributed by atoms with Gasteiger partial charge in [-0.25, -0.2) is 23.3 Å². The van der Waals surface area contributed by atoms with Crippen molar-refractivity contribution in [2.45, 2.75) is 52.2 Å². The Morgan fingerprint density at radius 2 is 1.70 bits per heavy atom. The van der Waals surface area contributed by atoms with Gasteiger partial charge in [0.2, 0.25) is 0 Å². The first-order valence-corrected chi connectivity index (χ1v) is 10.3. The van der Waals surface area contributed by atoms with Gasteiger partial charge in [-0.15, -0.1) is 0 Å². The molecule has 0 atom stereocenters. The van der Waals surface area contributed by atoms with E-state index in [1.807, 2.05) is 6.92 Å². The number of carbonyl (C=O) groups is 3. The van der Waals surface area contributed by atoms with Crippen LogP contribution in [0.2, 0.25) is 0 Å². The first-order chi connectivity index (χ1) is 15.3. The molecular weight excluding hydrogens is 432 g/mol. The molecule has 0 spiro atoms. The summed E-state index contributed by atoms with van der Waals surface area (Å²) in [5.41, 5.74) is -2.76. The Morgan fingerprint density at radius 3 is 2.24 bits per heavy atom. The summed E-state index contributed by atoms with van der Waals surface area (Å²) in [6, 6.07) is 7.73. The summed E-state index contributed by atoms with van der Waals surface area (Å²) in [6.07, 6.45) is 0.531. The van der Waals surface area contributed by atoms with E-state index in [0.29, 0.717) is 6.42 Å². The van der Waals surface area contributed by atoms with E-state index < -0.39 is 40.7 Å². The zero-order chi connectivity index (χ0) is 24.7. The topological polar surface area (TPSA) is 90.7 Å². The van der Waals surface area contributed by atoms with Crippen LogP contribution in [0.3, 0.4) is 0 Å². The van der Waals surface area contributed by atoms with Gasteiger partial charge in [0.05, 0.1) is 16.8 Å². The number of ether oxygens (including phenoxy) is 1. The van der Waals surface area contributed by atoms with Crippen molar-refractivity contribution in [3.63, 3.8) is 0 Å². The zero-order valence-electron chi connectivity index (χ0n) is 18.9. The maximum atomic E-state index is 14.8. The van der Waals surface area contributed by atoms with Gasteiger partial charge in [0.25, 0.3) is 5.91 Å².